The summed E-state index contributed by atoms with van der Waals surface area (Å²) in [4.78, 5) is 19.4. The summed E-state index contributed by atoms with van der Waals surface area (Å²) in [7, 11) is 3.86. The summed E-state index contributed by atoms with van der Waals surface area (Å²) in [5.41, 5.74) is 1.37. The van der Waals surface area contributed by atoms with Gasteiger partial charge in [0.15, 0.2) is 5.69 Å². The highest BCUT2D eigenvalue weighted by molar-refractivity contribution is 6.04. The number of aromatic nitrogens is 4. The van der Waals surface area contributed by atoms with E-state index in [0.717, 1.165) is 36.1 Å². The van der Waals surface area contributed by atoms with E-state index in [0.29, 0.717) is 25.4 Å². The minimum absolute atomic E-state index is 0.0114. The van der Waals surface area contributed by atoms with Crippen LogP contribution in [0.5, 0.6) is 0 Å². The van der Waals surface area contributed by atoms with Gasteiger partial charge in [0.25, 0.3) is 5.91 Å². The summed E-state index contributed by atoms with van der Waals surface area (Å²) in [5.74, 6) is 0.877. The van der Waals surface area contributed by atoms with Gasteiger partial charge >= 0.3 is 0 Å². The number of carbonyl (C=O) groups excluding carboxylic acids is 1. The van der Waals surface area contributed by atoms with Gasteiger partial charge in [0.1, 0.15) is 0 Å². The van der Waals surface area contributed by atoms with E-state index < -0.39 is 0 Å². The molecule has 2 aliphatic heterocycles. The van der Waals surface area contributed by atoms with Crippen LogP contribution in [0.4, 0.5) is 5.95 Å². The van der Waals surface area contributed by atoms with E-state index in [2.05, 4.69) is 15.4 Å². The molecule has 1 atom stereocenters. The van der Waals surface area contributed by atoms with E-state index in [4.69, 9.17) is 4.74 Å². The number of para-hydroxylation sites is 1. The molecule has 2 fully saturated rings. The Hall–Kier alpha value is -2.87. The Morgan fingerprint density at radius 3 is 2.79 bits per heavy atom. The number of fused-ring (bicyclic) bond motifs is 1. The molecule has 1 aromatic carbocycles. The maximum absolute atomic E-state index is 13.1. The fourth-order valence-electron chi connectivity index (χ4n) is 4.61. The lowest BCUT2D eigenvalue weighted by Gasteiger charge is -2.38. The largest absolute Gasteiger partial charge is 0.373 e. The summed E-state index contributed by atoms with van der Waals surface area (Å²) in [6.45, 7) is 2.06. The topological polar surface area (TPSA) is 77.2 Å². The van der Waals surface area contributed by atoms with Crippen molar-refractivity contribution in [2.24, 2.45) is 14.1 Å². The molecule has 152 valence electrons. The molecule has 8 nitrogen and oxygen atoms in total. The van der Waals surface area contributed by atoms with E-state index in [1.807, 2.05) is 54.0 Å². The Kier molecular flexibility index (Phi) is 4.31. The number of aryl methyl sites for hydroxylation is 2. The van der Waals surface area contributed by atoms with E-state index in [9.17, 15) is 4.79 Å². The van der Waals surface area contributed by atoms with Gasteiger partial charge in [0, 0.05) is 45.0 Å². The standard InChI is InChI=1S/C21H26N6O2/c1-25-12-9-22-20(25)23-15-13-21(29-14-15)7-10-27(11-8-21)19(28)18-16-5-3-4-6-17(16)26(2)24-18/h3-6,9,12,15H,7-8,10-11,13-14H2,1-2H3,(H,22,23)/t15-/m1/s1. The first kappa shape index (κ1) is 18.2. The van der Waals surface area contributed by atoms with Crippen LogP contribution in [-0.4, -0.2) is 61.5 Å². The average molecular weight is 394 g/mol. The van der Waals surface area contributed by atoms with Crippen molar-refractivity contribution in [3.63, 3.8) is 0 Å². The van der Waals surface area contributed by atoms with Gasteiger partial charge in [-0.2, -0.15) is 5.10 Å². The molecule has 2 saturated heterocycles. The summed E-state index contributed by atoms with van der Waals surface area (Å²) in [5, 5.41) is 8.88. The fraction of sp³-hybridized carbons (Fsp3) is 0.476. The van der Waals surface area contributed by atoms with E-state index in [1.54, 1.807) is 10.9 Å². The summed E-state index contributed by atoms with van der Waals surface area (Å²) in [6, 6.07) is 8.13. The number of benzene rings is 1. The van der Waals surface area contributed by atoms with Gasteiger partial charge < -0.3 is 19.5 Å². The molecular formula is C21H26N6O2. The van der Waals surface area contributed by atoms with E-state index in [1.165, 1.54) is 0 Å². The number of nitrogens with one attached hydrogen (secondary N) is 1. The fourth-order valence-corrected chi connectivity index (χ4v) is 4.61. The second kappa shape index (κ2) is 6.88. The normalized spacial score (nSPS) is 21.2. The third-order valence-corrected chi connectivity index (χ3v) is 6.29. The predicted octanol–water partition coefficient (Wildman–Crippen LogP) is 2.18. The Bertz CT molecular complexity index is 1050. The number of hydrogen-bond donors (Lipinski definition) is 1. The van der Waals surface area contributed by atoms with Gasteiger partial charge in [0.05, 0.1) is 23.8 Å². The number of carbonyl (C=O) groups is 1. The molecule has 1 spiro atoms. The van der Waals surface area contributed by atoms with Crippen molar-refractivity contribution in [1.82, 2.24) is 24.2 Å². The molecule has 1 amide bonds. The maximum Gasteiger partial charge on any atom is 0.275 e. The number of rotatable bonds is 3. The van der Waals surface area contributed by atoms with Crippen molar-refractivity contribution < 1.29 is 9.53 Å². The summed E-state index contributed by atoms with van der Waals surface area (Å²) in [6.07, 6.45) is 6.36. The van der Waals surface area contributed by atoms with Crippen LogP contribution in [0.15, 0.2) is 36.7 Å². The smallest absolute Gasteiger partial charge is 0.275 e. The number of nitrogens with zero attached hydrogens (tertiary/aromatic N) is 5. The third kappa shape index (κ3) is 3.17. The minimum Gasteiger partial charge on any atom is -0.373 e. The first-order valence-electron chi connectivity index (χ1n) is 10.1. The lowest BCUT2D eigenvalue weighted by atomic mass is 9.87. The number of ether oxygens (including phenoxy) is 1. The van der Waals surface area contributed by atoms with Crippen LogP contribution in [-0.2, 0) is 18.8 Å². The van der Waals surface area contributed by atoms with Crippen LogP contribution in [0.25, 0.3) is 10.9 Å². The molecule has 0 radical (unpaired) electrons. The Morgan fingerprint density at radius 1 is 1.24 bits per heavy atom. The van der Waals surface area contributed by atoms with Crippen LogP contribution < -0.4 is 5.32 Å². The van der Waals surface area contributed by atoms with Gasteiger partial charge in [-0.25, -0.2) is 4.98 Å². The van der Waals surface area contributed by atoms with Gasteiger partial charge in [-0.05, 0) is 25.3 Å². The van der Waals surface area contributed by atoms with Crippen LogP contribution >= 0.6 is 0 Å². The zero-order chi connectivity index (χ0) is 20.0. The Labute approximate surface area is 169 Å². The van der Waals surface area contributed by atoms with Crippen molar-refractivity contribution in [1.29, 1.82) is 0 Å². The lowest BCUT2D eigenvalue weighted by Crippen LogP contribution is -2.46. The number of amides is 1. The Balaban J connectivity index is 1.24. The van der Waals surface area contributed by atoms with Crippen molar-refractivity contribution in [3.05, 3.63) is 42.4 Å². The number of anilines is 1. The zero-order valence-corrected chi connectivity index (χ0v) is 16.8. The molecule has 4 heterocycles. The molecule has 0 bridgehead atoms. The highest BCUT2D eigenvalue weighted by atomic mass is 16.5. The van der Waals surface area contributed by atoms with Crippen molar-refractivity contribution >= 4 is 22.8 Å². The summed E-state index contributed by atoms with van der Waals surface area (Å²) >= 11 is 0. The van der Waals surface area contributed by atoms with Crippen molar-refractivity contribution in [2.45, 2.75) is 30.9 Å². The number of hydrogen-bond acceptors (Lipinski definition) is 5. The number of piperidine rings is 1. The predicted molar refractivity (Wildman–Crippen MR) is 110 cm³/mol. The monoisotopic (exact) mass is 394 g/mol. The van der Waals surface area contributed by atoms with E-state index in [-0.39, 0.29) is 17.6 Å². The average Bonchev–Trinajstić information content (AvgIpc) is 3.41. The molecule has 2 aromatic heterocycles. The highest BCUT2D eigenvalue weighted by Crippen LogP contribution is 2.37. The molecule has 0 unspecified atom stereocenters. The van der Waals surface area contributed by atoms with Crippen LogP contribution in [0, 0.1) is 0 Å². The molecule has 3 aromatic rings. The van der Waals surface area contributed by atoms with Gasteiger partial charge in [-0.1, -0.05) is 18.2 Å². The van der Waals surface area contributed by atoms with Crippen LogP contribution in [0.1, 0.15) is 29.8 Å². The highest BCUT2D eigenvalue weighted by Gasteiger charge is 2.44. The molecule has 0 aliphatic carbocycles. The zero-order valence-electron chi connectivity index (χ0n) is 16.8. The molecule has 2 aliphatic rings. The van der Waals surface area contributed by atoms with Crippen molar-refractivity contribution in [3.8, 4) is 0 Å². The number of imidazole rings is 1. The quantitative estimate of drug-likeness (QED) is 0.737. The molecular weight excluding hydrogens is 368 g/mol. The SMILES string of the molecule is Cn1ccnc1N[C@H]1COC2(CCN(C(=O)c3nn(C)c4ccccc34)CC2)C1. The number of likely N-dealkylation sites (tertiary alicyclic amines) is 1. The van der Waals surface area contributed by atoms with Crippen molar-refractivity contribution in [2.75, 3.05) is 25.0 Å². The minimum atomic E-state index is -0.147. The van der Waals surface area contributed by atoms with Crippen LogP contribution in [0.2, 0.25) is 0 Å². The van der Waals surface area contributed by atoms with Gasteiger partial charge in [-0.3, -0.25) is 9.48 Å². The molecule has 8 heteroatoms. The van der Waals surface area contributed by atoms with Gasteiger partial charge in [-0.15, -0.1) is 0 Å². The molecule has 0 saturated carbocycles. The Morgan fingerprint density at radius 2 is 2.03 bits per heavy atom. The van der Waals surface area contributed by atoms with Crippen LogP contribution in [0.3, 0.4) is 0 Å². The second-order valence-corrected chi connectivity index (χ2v) is 8.18. The molecule has 5 rings (SSSR count). The lowest BCUT2D eigenvalue weighted by molar-refractivity contribution is -0.0388. The molecule has 1 N–H and O–H groups in total. The molecule has 29 heavy (non-hydrogen) atoms. The third-order valence-electron chi connectivity index (χ3n) is 6.29. The summed E-state index contributed by atoms with van der Waals surface area (Å²) < 4.78 is 9.99. The second-order valence-electron chi connectivity index (χ2n) is 8.18. The first-order valence-corrected chi connectivity index (χ1v) is 10.1. The maximum atomic E-state index is 13.1. The van der Waals surface area contributed by atoms with E-state index >= 15 is 0 Å². The first-order chi connectivity index (χ1) is 14.0. The van der Waals surface area contributed by atoms with Gasteiger partial charge in [0.2, 0.25) is 5.95 Å².